The van der Waals surface area contributed by atoms with Crippen molar-refractivity contribution in [3.63, 3.8) is 0 Å². The molecule has 4 aromatic rings. The van der Waals surface area contributed by atoms with Crippen molar-refractivity contribution in [2.45, 2.75) is 85.8 Å². The second-order valence-corrected chi connectivity index (χ2v) is 17.0. The number of benzene rings is 3. The molecule has 0 amide bonds. The third kappa shape index (κ3) is 3.70. The van der Waals surface area contributed by atoms with Gasteiger partial charge in [-0.3, -0.25) is 0 Å². The van der Waals surface area contributed by atoms with Crippen molar-refractivity contribution >= 4 is 50.9 Å². The monoisotopic (exact) mass is 668 g/mol. The van der Waals surface area contributed by atoms with Crippen molar-refractivity contribution in [1.29, 1.82) is 5.41 Å². The lowest BCUT2D eigenvalue weighted by atomic mass is 9.52. The summed E-state index contributed by atoms with van der Waals surface area (Å²) in [5.41, 5.74) is 14.7. The summed E-state index contributed by atoms with van der Waals surface area (Å²) in [6.07, 6.45) is 31.3. The minimum atomic E-state index is 0.0828. The Morgan fingerprint density at radius 2 is 1.84 bits per heavy atom. The van der Waals surface area contributed by atoms with Gasteiger partial charge < -0.3 is 9.98 Å². The molecule has 0 radical (unpaired) electrons. The van der Waals surface area contributed by atoms with Gasteiger partial charge in [0.1, 0.15) is 0 Å². The summed E-state index contributed by atoms with van der Waals surface area (Å²) in [5, 5.41) is 11.2. The van der Waals surface area contributed by atoms with Gasteiger partial charge in [0.05, 0.1) is 5.52 Å². The van der Waals surface area contributed by atoms with E-state index in [0.717, 1.165) is 23.5 Å². The van der Waals surface area contributed by atoms with Crippen LogP contribution in [0.2, 0.25) is 0 Å². The van der Waals surface area contributed by atoms with Crippen LogP contribution in [0.1, 0.15) is 92.5 Å². The van der Waals surface area contributed by atoms with E-state index in [1.54, 1.807) is 22.2 Å². The number of nitrogens with one attached hydrogen (secondary N) is 1. The maximum absolute atomic E-state index is 7.86. The van der Waals surface area contributed by atoms with E-state index in [2.05, 4.69) is 113 Å². The van der Waals surface area contributed by atoms with E-state index in [9.17, 15) is 0 Å². The quantitative estimate of drug-likeness (QED) is 0.171. The van der Waals surface area contributed by atoms with Crippen molar-refractivity contribution in [3.8, 4) is 0 Å². The molecule has 2 nitrogen and oxygen atoms in total. The van der Waals surface area contributed by atoms with Crippen molar-refractivity contribution in [2.75, 3.05) is 0 Å². The first-order valence-electron chi connectivity index (χ1n) is 19.2. The van der Waals surface area contributed by atoms with E-state index < -0.39 is 0 Å². The fourth-order valence-corrected chi connectivity index (χ4v) is 13.9. The van der Waals surface area contributed by atoms with Crippen molar-refractivity contribution < 1.29 is 0 Å². The van der Waals surface area contributed by atoms with E-state index >= 15 is 0 Å². The van der Waals surface area contributed by atoms with Gasteiger partial charge in [-0.05, 0) is 108 Å². The fourth-order valence-electron chi connectivity index (χ4n) is 12.2. The zero-order valence-electron chi connectivity index (χ0n) is 28.9. The maximum Gasteiger partial charge on any atom is 0.0547 e. The molecule has 0 bridgehead atoms. The normalized spacial score (nSPS) is 31.9. The predicted molar refractivity (Wildman–Crippen MR) is 211 cm³/mol. The van der Waals surface area contributed by atoms with E-state index in [0.29, 0.717) is 29.0 Å². The molecular weight excluding hydrogens is 625 g/mol. The lowest BCUT2D eigenvalue weighted by molar-refractivity contribution is 0.105. The fraction of sp³-hybridized carbons (Fsp3) is 0.340. The van der Waals surface area contributed by atoms with Gasteiger partial charge in [0.15, 0.2) is 0 Å². The summed E-state index contributed by atoms with van der Waals surface area (Å²) in [4.78, 5) is 1.52. The predicted octanol–water partition coefficient (Wildman–Crippen LogP) is 12.3. The highest BCUT2D eigenvalue weighted by Crippen LogP contribution is 2.70. The molecule has 1 aromatic heterocycles. The summed E-state index contributed by atoms with van der Waals surface area (Å²) in [6.45, 7) is 2.01. The van der Waals surface area contributed by atoms with Crippen LogP contribution in [-0.2, 0) is 5.41 Å². The smallest absolute Gasteiger partial charge is 0.0547 e. The largest absolute Gasteiger partial charge is 0.336 e. The highest BCUT2D eigenvalue weighted by atomic mass is 32.2. The SMILES string of the molecule is C/C=C(\C=N)c1ccc(C2=CC=CC3c4cc5c6c(c4SC23)c2ccccc2n6C2CC=CCC2C52C3=C(CCC=C3)C3CCCCC32)cc1. The Morgan fingerprint density at radius 3 is 2.72 bits per heavy atom. The molecular formula is C47H44N2S. The number of thioether (sulfide) groups is 1. The van der Waals surface area contributed by atoms with Crippen molar-refractivity contribution in [2.24, 2.45) is 17.8 Å². The Bertz CT molecular complexity index is 2320. The summed E-state index contributed by atoms with van der Waals surface area (Å²) >= 11 is 2.13. The highest BCUT2D eigenvalue weighted by Gasteiger charge is 2.62. The Morgan fingerprint density at radius 1 is 0.980 bits per heavy atom. The second-order valence-electron chi connectivity index (χ2n) is 15.9. The standard InChI is InChI=1S/C47H44N2S/c1-2-28(27-48)29-22-24-30(25-23-29)31-15-11-16-34-36-26-40-44-43(46(36)50-45(31)34)35-14-5-9-20-41(35)49(44)42-21-10-8-19-39(42)47(40)37-17-6-3-12-32(37)33-13-4-7-18-38(33)47/h2,5-6,8-11,14-17,20,22-27,33-34,38-39,42,45,48H,3-4,7,12-13,18-19,21H2,1H3/b28-2+,48-27?. The van der Waals surface area contributed by atoms with Crippen molar-refractivity contribution in [3.05, 3.63) is 137 Å². The number of fused-ring (bicyclic) bond motifs is 15. The molecule has 1 spiro atoms. The van der Waals surface area contributed by atoms with Crippen LogP contribution in [0, 0.1) is 23.2 Å². The van der Waals surface area contributed by atoms with Gasteiger partial charge in [0.25, 0.3) is 0 Å². The first kappa shape index (κ1) is 29.6. The topological polar surface area (TPSA) is 28.8 Å². The molecule has 0 saturated heterocycles. The average molecular weight is 669 g/mol. The third-order valence-corrected chi connectivity index (χ3v) is 15.5. The number of nitrogens with zero attached hydrogens (tertiary/aromatic N) is 1. The van der Waals surface area contributed by atoms with Crippen LogP contribution in [0.15, 0.2) is 119 Å². The lowest BCUT2D eigenvalue weighted by Gasteiger charge is -2.54. The number of aromatic nitrogens is 1. The van der Waals surface area contributed by atoms with Gasteiger partial charge in [-0.1, -0.05) is 116 Å². The number of hydrogen-bond acceptors (Lipinski definition) is 2. The molecule has 50 heavy (non-hydrogen) atoms. The van der Waals surface area contributed by atoms with Crippen LogP contribution >= 0.6 is 11.8 Å². The van der Waals surface area contributed by atoms with Gasteiger partial charge in [0.2, 0.25) is 0 Å². The van der Waals surface area contributed by atoms with Gasteiger partial charge in [0, 0.05) is 50.0 Å². The Hall–Kier alpha value is -4.08. The molecule has 7 aliphatic rings. The number of allylic oxidation sites excluding steroid dienone is 11. The summed E-state index contributed by atoms with van der Waals surface area (Å²) in [7, 11) is 0. The van der Waals surface area contributed by atoms with Crippen LogP contribution in [0.4, 0.5) is 0 Å². The van der Waals surface area contributed by atoms with Gasteiger partial charge in [-0.2, -0.15) is 0 Å². The number of rotatable bonds is 3. The Kier molecular flexibility index (Phi) is 6.49. The van der Waals surface area contributed by atoms with Gasteiger partial charge in [-0.15, -0.1) is 11.8 Å². The summed E-state index contributed by atoms with van der Waals surface area (Å²) in [5.74, 6) is 2.39. The number of para-hydroxylation sites is 1. The molecule has 248 valence electrons. The zero-order valence-corrected chi connectivity index (χ0v) is 29.7. The summed E-state index contributed by atoms with van der Waals surface area (Å²) in [6, 6.07) is 21.7. The van der Waals surface area contributed by atoms with Gasteiger partial charge >= 0.3 is 0 Å². The lowest BCUT2D eigenvalue weighted by Crippen LogP contribution is -2.50. The molecule has 1 fully saturated rings. The van der Waals surface area contributed by atoms with Gasteiger partial charge in [-0.25, -0.2) is 0 Å². The van der Waals surface area contributed by atoms with E-state index in [-0.39, 0.29) is 5.41 Å². The molecule has 7 unspecified atom stereocenters. The second kappa shape index (κ2) is 11.0. The van der Waals surface area contributed by atoms with E-state index in [4.69, 9.17) is 5.41 Å². The minimum Gasteiger partial charge on any atom is -0.336 e. The molecule has 2 aliphatic heterocycles. The van der Waals surface area contributed by atoms with Crippen LogP contribution in [-0.4, -0.2) is 16.0 Å². The van der Waals surface area contributed by atoms with Crippen LogP contribution in [0.3, 0.4) is 0 Å². The molecule has 5 aliphatic carbocycles. The minimum absolute atomic E-state index is 0.0828. The Labute approximate surface area is 299 Å². The molecule has 1 saturated carbocycles. The molecule has 1 N–H and O–H groups in total. The molecule has 7 atom stereocenters. The first-order valence-corrected chi connectivity index (χ1v) is 20.1. The third-order valence-electron chi connectivity index (χ3n) is 14.0. The molecule has 3 aromatic carbocycles. The van der Waals surface area contributed by atoms with Crippen molar-refractivity contribution in [1.82, 2.24) is 4.57 Å². The highest BCUT2D eigenvalue weighted by molar-refractivity contribution is 8.01. The van der Waals surface area contributed by atoms with E-state index in [1.165, 1.54) is 83.5 Å². The maximum atomic E-state index is 7.86. The van der Waals surface area contributed by atoms with E-state index in [1.807, 2.05) is 18.6 Å². The Balaban J connectivity index is 1.17. The number of hydrogen-bond donors (Lipinski definition) is 1. The summed E-state index contributed by atoms with van der Waals surface area (Å²) < 4.78 is 2.86. The molecule has 3 heterocycles. The average Bonchev–Trinajstić information content (AvgIpc) is 3.82. The van der Waals surface area contributed by atoms with Crippen LogP contribution in [0.5, 0.6) is 0 Å². The first-order chi connectivity index (χ1) is 24.7. The van der Waals surface area contributed by atoms with Crippen LogP contribution < -0.4 is 0 Å². The van der Waals surface area contributed by atoms with Crippen LogP contribution in [0.25, 0.3) is 33.0 Å². The molecule has 11 rings (SSSR count). The molecule has 3 heteroatoms. The zero-order chi connectivity index (χ0) is 33.1.